The van der Waals surface area contributed by atoms with Crippen LogP contribution >= 0.6 is 0 Å². The van der Waals surface area contributed by atoms with Crippen LogP contribution < -0.4 is 5.32 Å². The van der Waals surface area contributed by atoms with E-state index in [2.05, 4.69) is 4.18 Å². The Kier molecular flexibility index (Phi) is 7.04. The third-order valence-electron chi connectivity index (χ3n) is 2.01. The molecule has 10 nitrogen and oxygen atoms in total. The SMILES string of the molecule is CC(=O)NC(C=O)C(O)C(O)C(O)COS(=O)(=O)[O-]. The van der Waals surface area contributed by atoms with E-state index in [0.29, 0.717) is 0 Å². The topological polar surface area (TPSA) is 173 Å². The van der Waals surface area contributed by atoms with Gasteiger partial charge in [0.25, 0.3) is 0 Å². The highest BCUT2D eigenvalue weighted by Gasteiger charge is 2.32. The second-order valence-corrected chi connectivity index (χ2v) is 4.66. The highest BCUT2D eigenvalue weighted by molar-refractivity contribution is 7.80. The van der Waals surface area contributed by atoms with Gasteiger partial charge in [0.15, 0.2) is 0 Å². The summed E-state index contributed by atoms with van der Waals surface area (Å²) in [4.78, 5) is 21.3. The van der Waals surface area contributed by atoms with Gasteiger partial charge in [0, 0.05) is 6.92 Å². The molecule has 19 heavy (non-hydrogen) atoms. The fourth-order valence-electron chi connectivity index (χ4n) is 1.13. The van der Waals surface area contributed by atoms with Crippen LogP contribution in [0.15, 0.2) is 0 Å². The molecule has 0 aliphatic rings. The van der Waals surface area contributed by atoms with Crippen molar-refractivity contribution in [3.63, 3.8) is 0 Å². The molecular weight excluding hydrogens is 286 g/mol. The molecule has 0 bridgehead atoms. The summed E-state index contributed by atoms with van der Waals surface area (Å²) in [7, 11) is -5.07. The van der Waals surface area contributed by atoms with Crippen LogP contribution in [-0.2, 0) is 24.2 Å². The third kappa shape index (κ3) is 7.15. The van der Waals surface area contributed by atoms with Crippen molar-refractivity contribution in [1.29, 1.82) is 0 Å². The fraction of sp³-hybridized carbons (Fsp3) is 0.750. The molecule has 0 aromatic rings. The summed E-state index contributed by atoms with van der Waals surface area (Å²) in [6.45, 7) is -0.0468. The van der Waals surface area contributed by atoms with Gasteiger partial charge in [-0.25, -0.2) is 8.42 Å². The van der Waals surface area contributed by atoms with E-state index in [4.69, 9.17) is 0 Å². The lowest BCUT2D eigenvalue weighted by atomic mass is 10.0. The van der Waals surface area contributed by atoms with Gasteiger partial charge >= 0.3 is 0 Å². The number of aliphatic hydroxyl groups is 3. The third-order valence-corrected chi connectivity index (χ3v) is 2.44. The van der Waals surface area contributed by atoms with Crippen LogP contribution in [0.2, 0.25) is 0 Å². The summed E-state index contributed by atoms with van der Waals surface area (Å²) < 4.78 is 34.0. The maximum absolute atomic E-state index is 10.7. The number of nitrogens with one attached hydrogen (secondary N) is 1. The zero-order valence-corrected chi connectivity index (χ0v) is 10.6. The fourth-order valence-corrected chi connectivity index (χ4v) is 1.43. The van der Waals surface area contributed by atoms with Crippen molar-refractivity contribution < 1.29 is 42.1 Å². The second-order valence-electron chi connectivity index (χ2n) is 3.60. The van der Waals surface area contributed by atoms with Crippen molar-refractivity contribution in [2.24, 2.45) is 0 Å². The number of rotatable bonds is 8. The molecule has 4 unspecified atom stereocenters. The van der Waals surface area contributed by atoms with Crippen LogP contribution in [0.25, 0.3) is 0 Å². The predicted octanol–water partition coefficient (Wildman–Crippen LogP) is -3.75. The number of hydrogen-bond acceptors (Lipinski definition) is 9. The summed E-state index contributed by atoms with van der Waals surface area (Å²) in [6, 6.07) is -1.51. The highest BCUT2D eigenvalue weighted by atomic mass is 32.3. The molecule has 0 heterocycles. The van der Waals surface area contributed by atoms with E-state index < -0.39 is 47.3 Å². The molecule has 11 heteroatoms. The van der Waals surface area contributed by atoms with Gasteiger partial charge in [-0.3, -0.25) is 8.98 Å². The van der Waals surface area contributed by atoms with Crippen LogP contribution in [0, 0.1) is 0 Å². The molecule has 0 saturated carbocycles. The lowest BCUT2D eigenvalue weighted by Crippen LogP contribution is -2.53. The zero-order chi connectivity index (χ0) is 15.2. The van der Waals surface area contributed by atoms with Gasteiger partial charge in [-0.05, 0) is 0 Å². The first kappa shape index (κ1) is 17.9. The average Bonchev–Trinajstić information content (AvgIpc) is 2.29. The Morgan fingerprint density at radius 2 is 1.89 bits per heavy atom. The molecule has 0 aromatic heterocycles. The van der Waals surface area contributed by atoms with Gasteiger partial charge in [0.2, 0.25) is 16.3 Å². The number of aldehydes is 1. The van der Waals surface area contributed by atoms with Gasteiger partial charge in [-0.1, -0.05) is 0 Å². The van der Waals surface area contributed by atoms with E-state index in [-0.39, 0.29) is 6.29 Å². The molecule has 0 rings (SSSR count). The minimum atomic E-state index is -5.07. The van der Waals surface area contributed by atoms with E-state index in [9.17, 15) is 37.9 Å². The summed E-state index contributed by atoms with van der Waals surface area (Å²) in [5, 5.41) is 30.1. The first-order valence-corrected chi connectivity index (χ1v) is 6.28. The van der Waals surface area contributed by atoms with E-state index in [1.165, 1.54) is 0 Å². The average molecular weight is 300 g/mol. The summed E-state index contributed by atoms with van der Waals surface area (Å²) >= 11 is 0. The molecule has 0 saturated heterocycles. The summed E-state index contributed by atoms with van der Waals surface area (Å²) in [6.07, 6.45) is -5.75. The smallest absolute Gasteiger partial charge is 0.217 e. The van der Waals surface area contributed by atoms with Crippen LogP contribution in [-0.4, -0.2) is 71.4 Å². The molecular formula is C8H14NO9S-. The van der Waals surface area contributed by atoms with Crippen molar-refractivity contribution in [1.82, 2.24) is 5.32 Å². The number of carbonyl (C=O) groups excluding carboxylic acids is 2. The van der Waals surface area contributed by atoms with Gasteiger partial charge in [0.05, 0.1) is 6.61 Å². The standard InChI is InChI=1S/C8H15NO9S/c1-4(11)9-5(2-10)7(13)8(14)6(12)3-18-19(15,16)17/h2,5-8,12-14H,3H2,1H3,(H,9,11)(H,15,16,17)/p-1. The maximum Gasteiger partial charge on any atom is 0.217 e. The Morgan fingerprint density at radius 1 is 1.37 bits per heavy atom. The quantitative estimate of drug-likeness (QED) is 0.199. The number of hydrogen-bond donors (Lipinski definition) is 4. The lowest BCUT2D eigenvalue weighted by molar-refractivity contribution is -0.129. The molecule has 1 amide bonds. The molecule has 4 atom stereocenters. The van der Waals surface area contributed by atoms with Crippen molar-refractivity contribution >= 4 is 22.6 Å². The maximum atomic E-state index is 10.7. The Balaban J connectivity index is 4.55. The highest BCUT2D eigenvalue weighted by Crippen LogP contribution is 2.06. The van der Waals surface area contributed by atoms with Crippen molar-refractivity contribution in [2.75, 3.05) is 6.61 Å². The minimum absolute atomic E-state index is 0.118. The molecule has 4 N–H and O–H groups in total. The van der Waals surface area contributed by atoms with Crippen molar-refractivity contribution in [3.8, 4) is 0 Å². The molecule has 0 aromatic carbocycles. The number of carbonyl (C=O) groups is 2. The molecule has 0 aliphatic carbocycles. The molecule has 0 aliphatic heterocycles. The summed E-state index contributed by atoms with van der Waals surface area (Å²) in [5.74, 6) is -0.670. The first-order chi connectivity index (χ1) is 8.58. The molecule has 112 valence electrons. The minimum Gasteiger partial charge on any atom is -0.726 e. The van der Waals surface area contributed by atoms with Crippen LogP contribution in [0.1, 0.15) is 6.92 Å². The second kappa shape index (κ2) is 7.47. The van der Waals surface area contributed by atoms with Gasteiger partial charge < -0.3 is 30.0 Å². The summed E-state index contributed by atoms with van der Waals surface area (Å²) in [5.41, 5.74) is 0. The van der Waals surface area contributed by atoms with Crippen LogP contribution in [0.5, 0.6) is 0 Å². The van der Waals surface area contributed by atoms with Crippen molar-refractivity contribution in [3.05, 3.63) is 0 Å². The van der Waals surface area contributed by atoms with E-state index in [0.717, 1.165) is 6.92 Å². The number of amides is 1. The van der Waals surface area contributed by atoms with Gasteiger partial charge in [-0.15, -0.1) is 0 Å². The predicted molar refractivity (Wildman–Crippen MR) is 57.3 cm³/mol. The molecule has 0 radical (unpaired) electrons. The molecule has 0 fully saturated rings. The Bertz CT molecular complexity index is 408. The normalized spacial score (nSPS) is 18.2. The van der Waals surface area contributed by atoms with Crippen LogP contribution in [0.4, 0.5) is 0 Å². The lowest BCUT2D eigenvalue weighted by Gasteiger charge is -2.26. The van der Waals surface area contributed by atoms with Crippen molar-refractivity contribution in [2.45, 2.75) is 31.3 Å². The van der Waals surface area contributed by atoms with E-state index in [1.807, 2.05) is 5.32 Å². The largest absolute Gasteiger partial charge is 0.726 e. The first-order valence-electron chi connectivity index (χ1n) is 4.95. The monoisotopic (exact) mass is 300 g/mol. The van der Waals surface area contributed by atoms with E-state index in [1.54, 1.807) is 0 Å². The zero-order valence-electron chi connectivity index (χ0n) is 9.79. The van der Waals surface area contributed by atoms with Gasteiger partial charge in [0.1, 0.15) is 30.6 Å². The van der Waals surface area contributed by atoms with E-state index >= 15 is 0 Å². The Labute approximate surface area is 109 Å². The van der Waals surface area contributed by atoms with Gasteiger partial charge in [-0.2, -0.15) is 0 Å². The molecule has 0 spiro atoms. The van der Waals surface area contributed by atoms with Crippen LogP contribution in [0.3, 0.4) is 0 Å². The number of aliphatic hydroxyl groups excluding tert-OH is 3. The Hall–Kier alpha value is -1.11. The Morgan fingerprint density at radius 3 is 2.26 bits per heavy atom.